The lowest BCUT2D eigenvalue weighted by Crippen LogP contribution is -2.50. The molecule has 0 bridgehead atoms. The van der Waals surface area contributed by atoms with Gasteiger partial charge in [-0.05, 0) is 90.7 Å². The number of alkyl halides is 3. The Morgan fingerprint density at radius 2 is 1.86 bits per heavy atom. The maximum atomic E-state index is 13.5. The second-order valence-electron chi connectivity index (χ2n) is 11.1. The smallest absolute Gasteiger partial charge is 0.399 e. The van der Waals surface area contributed by atoms with Crippen LogP contribution in [0.1, 0.15) is 76.7 Å². The van der Waals surface area contributed by atoms with Gasteiger partial charge in [0.05, 0.1) is 5.41 Å². The largest absolute Gasteiger partial charge is 0.457 e. The number of carbonyl (C=O) groups excluding carboxylic acids is 2. The minimum absolute atomic E-state index is 0.0569. The van der Waals surface area contributed by atoms with Gasteiger partial charge in [0.15, 0.2) is 11.6 Å². The summed E-state index contributed by atoms with van der Waals surface area (Å²) in [6.07, 6.45) is 1.73. The van der Waals surface area contributed by atoms with E-state index in [0.717, 1.165) is 24.0 Å². The van der Waals surface area contributed by atoms with Gasteiger partial charge in [0.1, 0.15) is 0 Å². The van der Waals surface area contributed by atoms with Crippen molar-refractivity contribution in [3.05, 3.63) is 52.6 Å². The van der Waals surface area contributed by atoms with E-state index in [4.69, 9.17) is 5.73 Å². The van der Waals surface area contributed by atoms with Crippen LogP contribution >= 0.6 is 0 Å². The molecule has 3 nitrogen and oxygen atoms in total. The molecular formula is C30H32F3NO2. The van der Waals surface area contributed by atoms with E-state index in [2.05, 4.69) is 5.92 Å². The highest BCUT2D eigenvalue weighted by atomic mass is 19.4. The average molecular weight is 496 g/mol. The number of nitrogen functional groups attached to an aromatic ring is 1. The Balaban J connectivity index is 1.71. The normalized spacial score (nSPS) is 33.6. The van der Waals surface area contributed by atoms with Crippen LogP contribution in [0.4, 0.5) is 18.9 Å². The van der Waals surface area contributed by atoms with Gasteiger partial charge in [-0.15, -0.1) is 0 Å². The second kappa shape index (κ2) is 8.64. The average Bonchev–Trinajstić information content (AvgIpc) is 3.14. The minimum Gasteiger partial charge on any atom is -0.399 e. The van der Waals surface area contributed by atoms with Gasteiger partial charge >= 0.3 is 6.18 Å². The maximum Gasteiger partial charge on any atom is 0.457 e. The van der Waals surface area contributed by atoms with Crippen LogP contribution in [0.3, 0.4) is 0 Å². The molecule has 0 unspecified atom stereocenters. The number of anilines is 1. The SMILES string of the molecule is CCC(=O)[C@]1(C#CC(F)(F)F)CC[C@H]2[C@@H]3CCC4=CC(=O)CCC4=C3[C@@H](c3ccc(N)cc3)C[C@@]21C. The first-order valence-corrected chi connectivity index (χ1v) is 13.0. The summed E-state index contributed by atoms with van der Waals surface area (Å²) in [5, 5.41) is 0. The predicted octanol–water partition coefficient (Wildman–Crippen LogP) is 6.70. The van der Waals surface area contributed by atoms with Crippen LogP contribution < -0.4 is 5.73 Å². The Morgan fingerprint density at radius 3 is 2.53 bits per heavy atom. The number of nitrogens with two attached hydrogens (primary N) is 1. The number of Topliss-reactive ketones (excluding diaryl/α,β-unsaturated/α-hetero) is 1. The Bertz CT molecular complexity index is 1230. The van der Waals surface area contributed by atoms with Gasteiger partial charge in [0.2, 0.25) is 0 Å². The number of benzene rings is 1. The molecule has 0 aromatic heterocycles. The van der Waals surface area contributed by atoms with Crippen LogP contribution in [-0.2, 0) is 9.59 Å². The molecule has 1 aromatic rings. The fraction of sp³-hybridized carbons (Fsp3) is 0.533. The fourth-order valence-electron chi connectivity index (χ4n) is 7.93. The van der Waals surface area contributed by atoms with Crippen LogP contribution in [0.2, 0.25) is 0 Å². The van der Waals surface area contributed by atoms with E-state index in [-0.39, 0.29) is 35.7 Å². The van der Waals surface area contributed by atoms with Gasteiger partial charge in [-0.3, -0.25) is 9.59 Å². The Morgan fingerprint density at radius 1 is 1.14 bits per heavy atom. The number of halogens is 3. The van der Waals surface area contributed by atoms with Crippen LogP contribution in [0.25, 0.3) is 0 Å². The molecule has 0 heterocycles. The maximum absolute atomic E-state index is 13.5. The molecule has 0 amide bonds. The molecule has 1 aromatic carbocycles. The van der Waals surface area contributed by atoms with Crippen molar-refractivity contribution in [1.29, 1.82) is 0 Å². The van der Waals surface area contributed by atoms with Gasteiger partial charge in [0.25, 0.3) is 0 Å². The molecule has 0 spiro atoms. The van der Waals surface area contributed by atoms with Gasteiger partial charge in [-0.2, -0.15) is 13.2 Å². The van der Waals surface area contributed by atoms with E-state index in [1.54, 1.807) is 13.0 Å². The highest BCUT2D eigenvalue weighted by Gasteiger charge is 2.65. The second-order valence-corrected chi connectivity index (χ2v) is 11.1. The van der Waals surface area contributed by atoms with E-state index < -0.39 is 17.0 Å². The summed E-state index contributed by atoms with van der Waals surface area (Å²) in [6.45, 7) is 3.74. The summed E-state index contributed by atoms with van der Waals surface area (Å²) in [7, 11) is 0. The zero-order chi connectivity index (χ0) is 25.9. The van der Waals surface area contributed by atoms with E-state index in [1.165, 1.54) is 17.1 Å². The topological polar surface area (TPSA) is 60.2 Å². The minimum atomic E-state index is -4.65. The van der Waals surface area contributed by atoms with E-state index in [9.17, 15) is 22.8 Å². The third-order valence-electron chi connectivity index (χ3n) is 9.48. The molecule has 2 fully saturated rings. The van der Waals surface area contributed by atoms with Crippen molar-refractivity contribution in [3.63, 3.8) is 0 Å². The molecule has 4 aliphatic rings. The first kappa shape index (κ1) is 24.9. The molecule has 36 heavy (non-hydrogen) atoms. The molecule has 5 atom stereocenters. The lowest BCUT2D eigenvalue weighted by molar-refractivity contribution is -0.132. The summed E-state index contributed by atoms with van der Waals surface area (Å²) in [4.78, 5) is 25.7. The van der Waals surface area contributed by atoms with Crippen molar-refractivity contribution in [3.8, 4) is 11.8 Å². The van der Waals surface area contributed by atoms with Crippen LogP contribution in [0.5, 0.6) is 0 Å². The van der Waals surface area contributed by atoms with Crippen molar-refractivity contribution in [1.82, 2.24) is 0 Å². The van der Waals surface area contributed by atoms with Crippen LogP contribution in [-0.4, -0.2) is 17.7 Å². The molecule has 0 aliphatic heterocycles. The first-order valence-electron chi connectivity index (χ1n) is 13.0. The van der Waals surface area contributed by atoms with Crippen molar-refractivity contribution in [2.24, 2.45) is 22.7 Å². The molecule has 0 saturated heterocycles. The van der Waals surface area contributed by atoms with Gasteiger partial charge in [0, 0.05) is 30.4 Å². The lowest BCUT2D eigenvalue weighted by Gasteiger charge is -2.54. The summed E-state index contributed by atoms with van der Waals surface area (Å²) >= 11 is 0. The number of allylic oxidation sites excluding steroid dienone is 4. The molecule has 2 saturated carbocycles. The molecule has 190 valence electrons. The van der Waals surface area contributed by atoms with Gasteiger partial charge in [-0.25, -0.2) is 0 Å². The summed E-state index contributed by atoms with van der Waals surface area (Å²) in [6, 6.07) is 7.72. The van der Waals surface area contributed by atoms with Crippen LogP contribution in [0, 0.1) is 34.5 Å². The lowest BCUT2D eigenvalue weighted by atomic mass is 9.48. The number of ketones is 2. The third kappa shape index (κ3) is 3.83. The first-order chi connectivity index (χ1) is 17.0. The summed E-state index contributed by atoms with van der Waals surface area (Å²) in [5.41, 5.74) is 9.38. The number of fused-ring (bicyclic) bond motifs is 4. The van der Waals surface area contributed by atoms with Crippen molar-refractivity contribution in [2.75, 3.05) is 5.73 Å². The zero-order valence-electron chi connectivity index (χ0n) is 20.8. The van der Waals surface area contributed by atoms with Crippen molar-refractivity contribution < 1.29 is 22.8 Å². The van der Waals surface area contributed by atoms with Gasteiger partial charge < -0.3 is 5.73 Å². The highest BCUT2D eigenvalue weighted by molar-refractivity contribution is 5.93. The molecular weight excluding hydrogens is 463 g/mol. The number of hydrogen-bond donors (Lipinski definition) is 1. The summed E-state index contributed by atoms with van der Waals surface area (Å²) in [5.74, 6) is 4.21. The van der Waals surface area contributed by atoms with Gasteiger partial charge in [-0.1, -0.05) is 37.5 Å². The Labute approximate surface area is 210 Å². The molecule has 2 N–H and O–H groups in total. The quantitative estimate of drug-likeness (QED) is 0.375. The standard InChI is InChI=1S/C30H32F3NO2/c1-3-26(36)29(14-15-30(31,32)33)13-12-25-23-10-6-19-16-21(35)9-11-22(19)27(23)24(17-28(25,29)2)18-4-7-20(34)8-5-18/h4-5,7-8,16,23-25H,3,6,9-13,17,34H2,1-2H3/t23-,24+,25-,28-,29+/m0/s1. The fourth-order valence-corrected chi connectivity index (χ4v) is 7.93. The van der Waals surface area contributed by atoms with Crippen LogP contribution in [0.15, 0.2) is 47.1 Å². The van der Waals surface area contributed by atoms with E-state index >= 15 is 0 Å². The third-order valence-corrected chi connectivity index (χ3v) is 9.48. The molecule has 6 heteroatoms. The number of carbonyl (C=O) groups is 2. The van der Waals surface area contributed by atoms with Crippen molar-refractivity contribution in [2.45, 2.75) is 77.3 Å². The Kier molecular flexibility index (Phi) is 5.97. The number of rotatable bonds is 3. The highest BCUT2D eigenvalue weighted by Crippen LogP contribution is 2.69. The molecule has 5 rings (SSSR count). The Hall–Kier alpha value is -2.81. The predicted molar refractivity (Wildman–Crippen MR) is 133 cm³/mol. The van der Waals surface area contributed by atoms with Crippen molar-refractivity contribution >= 4 is 17.3 Å². The molecule has 4 aliphatic carbocycles. The molecule has 0 radical (unpaired) electrons. The monoisotopic (exact) mass is 495 g/mol. The number of hydrogen-bond acceptors (Lipinski definition) is 3. The summed E-state index contributed by atoms with van der Waals surface area (Å²) < 4.78 is 40.0. The zero-order valence-corrected chi connectivity index (χ0v) is 20.8. The van der Waals surface area contributed by atoms with E-state index in [0.29, 0.717) is 37.8 Å². The van der Waals surface area contributed by atoms with E-state index in [1.807, 2.05) is 31.2 Å².